The molecule has 0 radical (unpaired) electrons. The zero-order valence-corrected chi connectivity index (χ0v) is 20.0. The van der Waals surface area contributed by atoms with Crippen LogP contribution in [0.3, 0.4) is 0 Å². The summed E-state index contributed by atoms with van der Waals surface area (Å²) in [6, 6.07) is 6.62. The molecule has 0 unspecified atom stereocenters. The smallest absolute Gasteiger partial charge is 0.408 e. The van der Waals surface area contributed by atoms with Gasteiger partial charge in [-0.3, -0.25) is 4.79 Å². The maximum atomic E-state index is 13.6. The molecule has 1 fully saturated rings. The van der Waals surface area contributed by atoms with Crippen LogP contribution in [0.25, 0.3) is 0 Å². The number of hydrazine groups is 1. The number of carbonyl (C=O) groups excluding carboxylic acids is 2. The standard InChI is InChI=1S/C23H31FN4O3S/c1-22(2,3)31-21(30)26-23(4,5)19(29)28(20-25-12-15-32-20)27-13-10-17(11-14-27)16-6-8-18(24)9-7-16/h6-9,12,15,17H,10-11,13-14H2,1-5H3,(H,26,30). The van der Waals surface area contributed by atoms with Gasteiger partial charge in [0.2, 0.25) is 5.13 Å². The van der Waals surface area contributed by atoms with Crippen LogP contribution in [-0.4, -0.2) is 46.2 Å². The van der Waals surface area contributed by atoms with Crippen molar-refractivity contribution in [3.63, 3.8) is 0 Å². The van der Waals surface area contributed by atoms with Crippen molar-refractivity contribution in [3.8, 4) is 0 Å². The third-order valence-electron chi connectivity index (χ3n) is 5.24. The number of piperidine rings is 1. The molecule has 7 nitrogen and oxygen atoms in total. The first-order valence-corrected chi connectivity index (χ1v) is 11.6. The molecule has 0 atom stereocenters. The number of alkyl carbamates (subject to hydrolysis) is 1. The molecule has 1 aliphatic rings. The van der Waals surface area contributed by atoms with Gasteiger partial charge in [-0.05, 0) is 71.1 Å². The molecule has 1 aromatic carbocycles. The highest BCUT2D eigenvalue weighted by Crippen LogP contribution is 2.32. The van der Waals surface area contributed by atoms with Crippen LogP contribution in [0.2, 0.25) is 0 Å². The summed E-state index contributed by atoms with van der Waals surface area (Å²) in [7, 11) is 0. The molecule has 0 saturated carbocycles. The largest absolute Gasteiger partial charge is 0.444 e. The number of hydrogen-bond acceptors (Lipinski definition) is 6. The van der Waals surface area contributed by atoms with Crippen LogP contribution < -0.4 is 10.3 Å². The van der Waals surface area contributed by atoms with Crippen molar-refractivity contribution in [2.24, 2.45) is 0 Å². The van der Waals surface area contributed by atoms with E-state index >= 15 is 0 Å². The zero-order valence-electron chi connectivity index (χ0n) is 19.2. The fraction of sp³-hybridized carbons (Fsp3) is 0.522. The summed E-state index contributed by atoms with van der Waals surface area (Å²) in [5.41, 5.74) is -0.771. The molecular weight excluding hydrogens is 431 g/mol. The number of amides is 2. The van der Waals surface area contributed by atoms with E-state index in [1.807, 2.05) is 22.5 Å². The Morgan fingerprint density at radius 3 is 2.31 bits per heavy atom. The van der Waals surface area contributed by atoms with Gasteiger partial charge in [0.25, 0.3) is 5.91 Å². The third-order valence-corrected chi connectivity index (χ3v) is 5.98. The predicted molar refractivity (Wildman–Crippen MR) is 123 cm³/mol. The van der Waals surface area contributed by atoms with Gasteiger partial charge in [-0.1, -0.05) is 12.1 Å². The average molecular weight is 463 g/mol. The minimum Gasteiger partial charge on any atom is -0.444 e. The Hall–Kier alpha value is -2.52. The topological polar surface area (TPSA) is 74.8 Å². The molecule has 0 spiro atoms. The van der Waals surface area contributed by atoms with Crippen molar-refractivity contribution in [3.05, 3.63) is 47.2 Å². The predicted octanol–water partition coefficient (Wildman–Crippen LogP) is 4.71. The van der Waals surface area contributed by atoms with Crippen LogP contribution >= 0.6 is 11.3 Å². The molecule has 3 rings (SSSR count). The molecule has 1 aromatic heterocycles. The number of benzene rings is 1. The maximum absolute atomic E-state index is 13.6. The van der Waals surface area contributed by atoms with Crippen LogP contribution in [0.4, 0.5) is 14.3 Å². The summed E-state index contributed by atoms with van der Waals surface area (Å²) in [6.07, 6.45) is 2.64. The van der Waals surface area contributed by atoms with Crippen LogP contribution in [0.1, 0.15) is 58.9 Å². The van der Waals surface area contributed by atoms with Crippen LogP contribution in [0, 0.1) is 5.82 Å². The summed E-state index contributed by atoms with van der Waals surface area (Å²) >= 11 is 1.36. The minimum atomic E-state index is -1.21. The van der Waals surface area contributed by atoms with Gasteiger partial charge < -0.3 is 10.1 Å². The first-order chi connectivity index (χ1) is 15.0. The van der Waals surface area contributed by atoms with E-state index in [9.17, 15) is 14.0 Å². The number of aromatic nitrogens is 1. The molecule has 1 saturated heterocycles. The normalized spacial score (nSPS) is 15.9. The lowest BCUT2D eigenvalue weighted by Gasteiger charge is -2.41. The Morgan fingerprint density at radius 2 is 1.78 bits per heavy atom. The van der Waals surface area contributed by atoms with Gasteiger partial charge in [0.05, 0.1) is 0 Å². The highest BCUT2D eigenvalue weighted by Gasteiger charge is 2.40. The Balaban J connectivity index is 1.74. The zero-order chi connectivity index (χ0) is 23.5. The summed E-state index contributed by atoms with van der Waals surface area (Å²) in [4.78, 5) is 30.3. The molecular formula is C23H31FN4O3S. The maximum Gasteiger partial charge on any atom is 0.408 e. The number of nitrogens with one attached hydrogen (secondary N) is 1. The van der Waals surface area contributed by atoms with Crippen molar-refractivity contribution in [1.82, 2.24) is 15.3 Å². The van der Waals surface area contributed by atoms with E-state index in [0.29, 0.717) is 24.1 Å². The lowest BCUT2D eigenvalue weighted by Crippen LogP contribution is -2.61. The lowest BCUT2D eigenvalue weighted by molar-refractivity contribution is -0.127. The van der Waals surface area contributed by atoms with Crippen LogP contribution in [0.15, 0.2) is 35.8 Å². The molecule has 174 valence electrons. The molecule has 2 amide bonds. The van der Waals surface area contributed by atoms with E-state index in [4.69, 9.17) is 4.74 Å². The van der Waals surface area contributed by atoms with E-state index < -0.39 is 17.2 Å². The summed E-state index contributed by atoms with van der Waals surface area (Å²) in [5, 5.41) is 8.61. The van der Waals surface area contributed by atoms with Gasteiger partial charge in [0.1, 0.15) is 17.0 Å². The number of hydrogen-bond donors (Lipinski definition) is 1. The first kappa shape index (κ1) is 24.1. The summed E-state index contributed by atoms with van der Waals surface area (Å²) < 4.78 is 18.6. The number of rotatable bonds is 5. The molecule has 9 heteroatoms. The number of thiazole rings is 1. The molecule has 32 heavy (non-hydrogen) atoms. The van der Waals surface area contributed by atoms with Crippen molar-refractivity contribution in [1.29, 1.82) is 0 Å². The number of carbonyl (C=O) groups is 2. The second-order valence-electron chi connectivity index (χ2n) is 9.46. The molecule has 1 aliphatic heterocycles. The molecule has 2 heterocycles. The Labute approximate surface area is 192 Å². The highest BCUT2D eigenvalue weighted by molar-refractivity contribution is 7.13. The molecule has 0 bridgehead atoms. The lowest BCUT2D eigenvalue weighted by atomic mass is 9.90. The van der Waals surface area contributed by atoms with Gasteiger partial charge in [-0.25, -0.2) is 24.2 Å². The highest BCUT2D eigenvalue weighted by atomic mass is 32.1. The number of anilines is 1. The summed E-state index contributed by atoms with van der Waals surface area (Å²) in [5.74, 6) is -0.238. The summed E-state index contributed by atoms with van der Waals surface area (Å²) in [6.45, 7) is 9.90. The fourth-order valence-corrected chi connectivity index (χ4v) is 4.33. The van der Waals surface area contributed by atoms with Crippen molar-refractivity contribution in [2.45, 2.75) is 64.5 Å². The Morgan fingerprint density at radius 1 is 1.16 bits per heavy atom. The van der Waals surface area contributed by atoms with Gasteiger partial charge >= 0.3 is 6.09 Å². The van der Waals surface area contributed by atoms with Gasteiger partial charge in [-0.2, -0.15) is 0 Å². The monoisotopic (exact) mass is 462 g/mol. The fourth-order valence-electron chi connectivity index (χ4n) is 3.67. The van der Waals surface area contributed by atoms with Gasteiger partial charge in [-0.15, -0.1) is 11.3 Å². The molecule has 1 N–H and O–H groups in total. The Kier molecular flexibility index (Phi) is 7.19. The quantitative estimate of drug-likeness (QED) is 0.696. The van der Waals surface area contributed by atoms with E-state index in [2.05, 4.69) is 10.3 Å². The Bertz CT molecular complexity index is 918. The SMILES string of the molecule is CC(C)(C)OC(=O)NC(C)(C)C(=O)N(c1nccs1)N1CCC(c2ccc(F)cc2)CC1. The van der Waals surface area contributed by atoms with Gasteiger partial charge in [0.15, 0.2) is 0 Å². The second-order valence-corrected chi connectivity index (χ2v) is 10.3. The third kappa shape index (κ3) is 6.04. The van der Waals surface area contributed by atoms with E-state index in [0.717, 1.165) is 18.4 Å². The number of nitrogens with zero attached hydrogens (tertiary/aromatic N) is 3. The average Bonchev–Trinajstić information content (AvgIpc) is 3.21. The van der Waals surface area contributed by atoms with Crippen LogP contribution in [0.5, 0.6) is 0 Å². The molecule has 2 aromatic rings. The van der Waals surface area contributed by atoms with E-state index in [1.165, 1.54) is 23.5 Å². The number of halogens is 1. The van der Waals surface area contributed by atoms with Gasteiger partial charge in [0, 0.05) is 24.7 Å². The van der Waals surface area contributed by atoms with Crippen molar-refractivity contribution >= 4 is 28.5 Å². The minimum absolute atomic E-state index is 0.244. The second kappa shape index (κ2) is 9.54. The molecule has 0 aliphatic carbocycles. The van der Waals surface area contributed by atoms with Crippen molar-refractivity contribution in [2.75, 3.05) is 18.1 Å². The van der Waals surface area contributed by atoms with E-state index in [-0.39, 0.29) is 11.7 Å². The van der Waals surface area contributed by atoms with E-state index in [1.54, 1.807) is 45.8 Å². The van der Waals surface area contributed by atoms with Crippen molar-refractivity contribution < 1.29 is 18.7 Å². The first-order valence-electron chi connectivity index (χ1n) is 10.7. The van der Waals surface area contributed by atoms with Crippen LogP contribution in [-0.2, 0) is 9.53 Å². The number of ether oxygens (including phenoxy) is 1.